The van der Waals surface area contributed by atoms with Crippen LogP contribution in [0.15, 0.2) is 48.5 Å². The summed E-state index contributed by atoms with van der Waals surface area (Å²) < 4.78 is 67.7. The molecule has 1 aromatic heterocycles. The van der Waals surface area contributed by atoms with Gasteiger partial charge in [-0.1, -0.05) is 25.1 Å². The maximum atomic E-state index is 14.0. The van der Waals surface area contributed by atoms with Gasteiger partial charge in [0.25, 0.3) is 0 Å². The number of aromatic nitrogens is 2. The lowest BCUT2D eigenvalue weighted by Gasteiger charge is -2.20. The van der Waals surface area contributed by atoms with Crippen LogP contribution in [0.2, 0.25) is 0 Å². The first-order valence-corrected chi connectivity index (χ1v) is 8.62. The van der Waals surface area contributed by atoms with Gasteiger partial charge in [0, 0.05) is 18.3 Å². The Morgan fingerprint density at radius 2 is 1.64 bits per heavy atom. The van der Waals surface area contributed by atoms with E-state index >= 15 is 0 Å². The Bertz CT molecular complexity index is 941. The van der Waals surface area contributed by atoms with E-state index < -0.39 is 29.5 Å². The minimum Gasteiger partial charge on any atom is -0.378 e. The molecule has 0 aliphatic carbocycles. The van der Waals surface area contributed by atoms with Gasteiger partial charge >= 0.3 is 6.18 Å². The standard InChI is InChI=1S/C20H18F5N3/c1-3-16(19-14(21)5-4-6-15(19)22)26-13-9-7-12(8-10-13)17-11-18(20(23,24)25)27-28(17)2/h4-11,16,26H,3H2,1-2H3. The molecule has 3 aromatic rings. The third-order valence-electron chi connectivity index (χ3n) is 4.45. The fraction of sp³-hybridized carbons (Fsp3) is 0.250. The molecule has 0 amide bonds. The highest BCUT2D eigenvalue weighted by atomic mass is 19.4. The molecule has 1 atom stereocenters. The molecule has 2 aromatic carbocycles. The molecular weight excluding hydrogens is 377 g/mol. The van der Waals surface area contributed by atoms with E-state index in [0.29, 0.717) is 23.4 Å². The van der Waals surface area contributed by atoms with Crippen LogP contribution < -0.4 is 5.32 Å². The molecule has 3 nitrogen and oxygen atoms in total. The number of hydrogen-bond donors (Lipinski definition) is 1. The number of aryl methyl sites for hydroxylation is 1. The summed E-state index contributed by atoms with van der Waals surface area (Å²) in [6.45, 7) is 1.80. The second kappa shape index (κ2) is 7.61. The minimum absolute atomic E-state index is 0.0458. The molecule has 8 heteroatoms. The number of nitrogens with zero attached hydrogens (tertiary/aromatic N) is 2. The van der Waals surface area contributed by atoms with E-state index in [4.69, 9.17) is 0 Å². The molecule has 0 radical (unpaired) electrons. The first-order valence-electron chi connectivity index (χ1n) is 8.62. The van der Waals surface area contributed by atoms with Crippen LogP contribution in [0.4, 0.5) is 27.6 Å². The summed E-state index contributed by atoms with van der Waals surface area (Å²) >= 11 is 0. The summed E-state index contributed by atoms with van der Waals surface area (Å²) in [5.74, 6) is -1.27. The number of rotatable bonds is 5. The zero-order valence-electron chi connectivity index (χ0n) is 15.2. The second-order valence-electron chi connectivity index (χ2n) is 6.35. The SMILES string of the molecule is CCC(Nc1ccc(-c2cc(C(F)(F)F)nn2C)cc1)c1c(F)cccc1F. The molecule has 0 aliphatic rings. The normalized spacial score (nSPS) is 12.8. The molecule has 0 fully saturated rings. The lowest BCUT2D eigenvalue weighted by molar-refractivity contribution is -0.141. The smallest absolute Gasteiger partial charge is 0.378 e. The monoisotopic (exact) mass is 395 g/mol. The molecule has 0 saturated carbocycles. The van der Waals surface area contributed by atoms with Gasteiger partial charge in [-0.2, -0.15) is 18.3 Å². The first kappa shape index (κ1) is 19.9. The topological polar surface area (TPSA) is 29.9 Å². The lowest BCUT2D eigenvalue weighted by atomic mass is 10.0. The van der Waals surface area contributed by atoms with Gasteiger partial charge in [0.15, 0.2) is 5.69 Å². The van der Waals surface area contributed by atoms with Crippen LogP contribution in [0, 0.1) is 11.6 Å². The molecular formula is C20H18F5N3. The average molecular weight is 395 g/mol. The fourth-order valence-electron chi connectivity index (χ4n) is 3.04. The second-order valence-corrected chi connectivity index (χ2v) is 6.35. The van der Waals surface area contributed by atoms with Crippen molar-refractivity contribution in [2.24, 2.45) is 7.05 Å². The molecule has 28 heavy (non-hydrogen) atoms. The van der Waals surface area contributed by atoms with Gasteiger partial charge in [-0.25, -0.2) is 8.78 Å². The summed E-state index contributed by atoms with van der Waals surface area (Å²) in [4.78, 5) is 0. The molecule has 3 rings (SSSR count). The zero-order valence-corrected chi connectivity index (χ0v) is 15.2. The molecule has 0 bridgehead atoms. The number of hydrogen-bond acceptors (Lipinski definition) is 2. The fourth-order valence-corrected chi connectivity index (χ4v) is 3.04. The van der Waals surface area contributed by atoms with Crippen molar-refractivity contribution in [2.75, 3.05) is 5.32 Å². The van der Waals surface area contributed by atoms with E-state index in [0.717, 1.165) is 10.7 Å². The highest BCUT2D eigenvalue weighted by molar-refractivity contribution is 5.64. The number of benzene rings is 2. The maximum Gasteiger partial charge on any atom is 0.435 e. The van der Waals surface area contributed by atoms with Gasteiger partial charge in [-0.3, -0.25) is 4.68 Å². The van der Waals surface area contributed by atoms with Crippen LogP contribution in [0.3, 0.4) is 0 Å². The summed E-state index contributed by atoms with van der Waals surface area (Å²) in [5, 5.41) is 6.56. The van der Waals surface area contributed by atoms with E-state index in [-0.39, 0.29) is 5.56 Å². The van der Waals surface area contributed by atoms with E-state index in [2.05, 4.69) is 10.4 Å². The molecule has 1 heterocycles. The van der Waals surface area contributed by atoms with Crippen LogP contribution in [0.25, 0.3) is 11.3 Å². The number of anilines is 1. The van der Waals surface area contributed by atoms with Crippen molar-refractivity contribution in [3.05, 3.63) is 71.4 Å². The van der Waals surface area contributed by atoms with Crippen molar-refractivity contribution in [3.8, 4) is 11.3 Å². The molecule has 0 spiro atoms. The molecule has 0 aliphatic heterocycles. The van der Waals surface area contributed by atoms with Crippen LogP contribution in [-0.4, -0.2) is 9.78 Å². The third kappa shape index (κ3) is 4.00. The Morgan fingerprint density at radius 1 is 1.04 bits per heavy atom. The Hall–Kier alpha value is -2.90. The van der Waals surface area contributed by atoms with Gasteiger partial charge in [0.05, 0.1) is 11.7 Å². The minimum atomic E-state index is -4.52. The van der Waals surface area contributed by atoms with E-state index in [1.54, 1.807) is 31.2 Å². The van der Waals surface area contributed by atoms with Crippen LogP contribution in [0.5, 0.6) is 0 Å². The van der Waals surface area contributed by atoms with Crippen molar-refractivity contribution in [3.63, 3.8) is 0 Å². The van der Waals surface area contributed by atoms with E-state index in [9.17, 15) is 22.0 Å². The van der Waals surface area contributed by atoms with E-state index in [1.165, 1.54) is 25.2 Å². The van der Waals surface area contributed by atoms with Crippen molar-refractivity contribution in [1.82, 2.24) is 9.78 Å². The summed E-state index contributed by atoms with van der Waals surface area (Å²) in [6, 6.07) is 10.7. The lowest BCUT2D eigenvalue weighted by Crippen LogP contribution is -2.13. The van der Waals surface area contributed by atoms with Gasteiger partial charge in [0.2, 0.25) is 0 Å². The van der Waals surface area contributed by atoms with Crippen molar-refractivity contribution in [2.45, 2.75) is 25.6 Å². The quantitative estimate of drug-likeness (QED) is 0.541. The number of halogens is 5. The summed E-state index contributed by atoms with van der Waals surface area (Å²) in [5.41, 5.74) is 0.438. The zero-order chi connectivity index (χ0) is 20.5. The van der Waals surface area contributed by atoms with Crippen molar-refractivity contribution in [1.29, 1.82) is 0 Å². The van der Waals surface area contributed by atoms with Crippen LogP contribution in [0.1, 0.15) is 30.6 Å². The van der Waals surface area contributed by atoms with Crippen molar-refractivity contribution >= 4 is 5.69 Å². The predicted octanol–water partition coefficient (Wildman–Crippen LogP) is 5.95. The van der Waals surface area contributed by atoms with Crippen LogP contribution in [-0.2, 0) is 13.2 Å². The summed E-state index contributed by atoms with van der Waals surface area (Å²) in [7, 11) is 1.44. The predicted molar refractivity (Wildman–Crippen MR) is 96.7 cm³/mol. The summed E-state index contributed by atoms with van der Waals surface area (Å²) in [6.07, 6.45) is -4.08. The largest absolute Gasteiger partial charge is 0.435 e. The number of nitrogens with one attached hydrogen (secondary N) is 1. The van der Waals surface area contributed by atoms with Crippen molar-refractivity contribution < 1.29 is 22.0 Å². The highest BCUT2D eigenvalue weighted by Crippen LogP contribution is 2.32. The number of alkyl halides is 3. The Balaban J connectivity index is 1.84. The van der Waals surface area contributed by atoms with Crippen LogP contribution >= 0.6 is 0 Å². The van der Waals surface area contributed by atoms with E-state index in [1.807, 2.05) is 0 Å². The average Bonchev–Trinajstić information content (AvgIpc) is 3.03. The molecule has 0 saturated heterocycles. The third-order valence-corrected chi connectivity index (χ3v) is 4.45. The highest BCUT2D eigenvalue weighted by Gasteiger charge is 2.34. The van der Waals surface area contributed by atoms with Gasteiger partial charge in [-0.05, 0) is 42.3 Å². The maximum absolute atomic E-state index is 14.0. The molecule has 1 N–H and O–H groups in total. The molecule has 148 valence electrons. The Morgan fingerprint density at radius 3 is 2.14 bits per heavy atom. The Kier molecular flexibility index (Phi) is 5.40. The molecule has 1 unspecified atom stereocenters. The Labute approximate surface area is 158 Å². The van der Waals surface area contributed by atoms with Gasteiger partial charge in [0.1, 0.15) is 11.6 Å². The first-order chi connectivity index (χ1) is 13.2. The van der Waals surface area contributed by atoms with Gasteiger partial charge in [-0.15, -0.1) is 0 Å². The van der Waals surface area contributed by atoms with Gasteiger partial charge < -0.3 is 5.32 Å².